The number of halogens is 1. The number of aromatic nitrogens is 1. The number of ether oxygens (including phenoxy) is 1. The van der Waals surface area contributed by atoms with E-state index < -0.39 is 0 Å². The number of carbonyl (C=O) groups excluding carboxylic acids is 2. The Morgan fingerprint density at radius 3 is 2.35 bits per heavy atom. The van der Waals surface area contributed by atoms with Gasteiger partial charge in [-0.2, -0.15) is 0 Å². The van der Waals surface area contributed by atoms with E-state index in [0.717, 1.165) is 65.6 Å². The number of hydrogen-bond donors (Lipinski definition) is 0. The molecule has 2 aliphatic heterocycles. The van der Waals surface area contributed by atoms with Gasteiger partial charge in [0.2, 0.25) is 0 Å². The van der Waals surface area contributed by atoms with Crippen LogP contribution in [0.2, 0.25) is 5.02 Å². The van der Waals surface area contributed by atoms with Gasteiger partial charge in [-0.05, 0) is 79.7 Å². The maximum atomic E-state index is 13.1. The molecule has 0 saturated carbocycles. The molecule has 0 radical (unpaired) electrons. The number of benzene rings is 2. The van der Waals surface area contributed by atoms with Crippen molar-refractivity contribution >= 4 is 52.0 Å². The molecule has 0 unspecified atom stereocenters. The van der Waals surface area contributed by atoms with Crippen LogP contribution in [0.5, 0.6) is 0 Å². The third-order valence-corrected chi connectivity index (χ3v) is 7.32. The summed E-state index contributed by atoms with van der Waals surface area (Å²) >= 11 is 7.17. The summed E-state index contributed by atoms with van der Waals surface area (Å²) in [6.07, 6.45) is 1.79. The zero-order valence-corrected chi connectivity index (χ0v) is 20.5. The predicted molar refractivity (Wildman–Crippen MR) is 138 cm³/mol. The van der Waals surface area contributed by atoms with E-state index in [-0.39, 0.29) is 11.1 Å². The average Bonchev–Trinajstić information content (AvgIpc) is 3.28. The number of rotatable bonds is 4. The molecule has 2 saturated heterocycles. The summed E-state index contributed by atoms with van der Waals surface area (Å²) in [5.74, 6) is -0.359. The molecule has 0 spiro atoms. The number of aryl methyl sites for hydroxylation is 1. The first-order valence-corrected chi connectivity index (χ1v) is 12.3. The van der Waals surface area contributed by atoms with Crippen molar-refractivity contribution in [2.24, 2.45) is 0 Å². The Labute approximate surface area is 207 Å². The number of imide groups is 1. The van der Waals surface area contributed by atoms with Gasteiger partial charge in [0.05, 0.1) is 28.8 Å². The van der Waals surface area contributed by atoms with E-state index in [9.17, 15) is 9.59 Å². The van der Waals surface area contributed by atoms with Crippen LogP contribution in [0, 0.1) is 13.8 Å². The van der Waals surface area contributed by atoms with Gasteiger partial charge in [-0.25, -0.2) is 4.90 Å². The molecule has 2 aromatic carbocycles. The van der Waals surface area contributed by atoms with Gasteiger partial charge in [-0.15, -0.1) is 0 Å². The average molecular weight is 494 g/mol. The summed E-state index contributed by atoms with van der Waals surface area (Å²) in [5, 5.41) is 0.0154. The fourth-order valence-corrected chi connectivity index (χ4v) is 5.46. The van der Waals surface area contributed by atoms with E-state index in [1.54, 1.807) is 30.3 Å². The van der Waals surface area contributed by atoms with Crippen molar-refractivity contribution in [3.05, 3.63) is 81.5 Å². The van der Waals surface area contributed by atoms with E-state index >= 15 is 0 Å². The maximum absolute atomic E-state index is 13.1. The number of nitrogens with zero attached hydrogens (tertiary/aromatic N) is 3. The van der Waals surface area contributed by atoms with Crippen molar-refractivity contribution in [1.29, 1.82) is 0 Å². The van der Waals surface area contributed by atoms with Gasteiger partial charge < -0.3 is 14.2 Å². The normalized spacial score (nSPS) is 17.8. The Balaban J connectivity index is 1.43. The van der Waals surface area contributed by atoms with Crippen LogP contribution in [0.3, 0.4) is 0 Å². The van der Waals surface area contributed by atoms with Crippen molar-refractivity contribution in [3.63, 3.8) is 0 Å². The summed E-state index contributed by atoms with van der Waals surface area (Å²) in [5.41, 5.74) is 5.59. The van der Waals surface area contributed by atoms with E-state index in [1.807, 2.05) is 19.9 Å². The van der Waals surface area contributed by atoms with Crippen LogP contribution in [0.4, 0.5) is 16.2 Å². The molecule has 2 aliphatic rings. The van der Waals surface area contributed by atoms with Crippen molar-refractivity contribution in [3.8, 4) is 5.69 Å². The molecule has 174 valence electrons. The maximum Gasteiger partial charge on any atom is 0.298 e. The zero-order valence-electron chi connectivity index (χ0n) is 19.0. The molecule has 3 heterocycles. The largest absolute Gasteiger partial charge is 0.378 e. The van der Waals surface area contributed by atoms with Gasteiger partial charge in [-0.1, -0.05) is 23.7 Å². The Kier molecular flexibility index (Phi) is 6.25. The minimum Gasteiger partial charge on any atom is -0.378 e. The highest BCUT2D eigenvalue weighted by Gasteiger charge is 2.37. The zero-order chi connectivity index (χ0) is 23.8. The third kappa shape index (κ3) is 4.15. The number of morpholine rings is 1. The van der Waals surface area contributed by atoms with Gasteiger partial charge in [0.1, 0.15) is 0 Å². The molecule has 1 aromatic heterocycles. The van der Waals surface area contributed by atoms with E-state index in [1.165, 1.54) is 5.69 Å². The van der Waals surface area contributed by atoms with Crippen molar-refractivity contribution in [1.82, 2.24) is 4.57 Å². The molecule has 3 aromatic rings. The number of hydrogen-bond acceptors (Lipinski definition) is 5. The topological polar surface area (TPSA) is 54.8 Å². The summed E-state index contributed by atoms with van der Waals surface area (Å²) in [6, 6.07) is 17.4. The van der Waals surface area contributed by atoms with Gasteiger partial charge >= 0.3 is 0 Å². The SMILES string of the molecule is Cc1cc(/C=C2\SC(=O)N(c3ccccc3Cl)C2=O)c(C)n1-c1ccc(N2CCOCC2)cc1. The van der Waals surface area contributed by atoms with Crippen LogP contribution in [0.15, 0.2) is 59.5 Å². The first-order valence-electron chi connectivity index (χ1n) is 11.1. The molecule has 5 rings (SSSR count). The summed E-state index contributed by atoms with van der Waals surface area (Å²) in [7, 11) is 0. The van der Waals surface area contributed by atoms with Crippen LogP contribution in [-0.4, -0.2) is 42.0 Å². The van der Waals surface area contributed by atoms with Crippen LogP contribution in [0.1, 0.15) is 17.0 Å². The minimum absolute atomic E-state index is 0.350. The lowest BCUT2D eigenvalue weighted by Crippen LogP contribution is -2.36. The van der Waals surface area contributed by atoms with Crippen molar-refractivity contribution in [2.45, 2.75) is 13.8 Å². The van der Waals surface area contributed by atoms with Crippen molar-refractivity contribution in [2.75, 3.05) is 36.1 Å². The molecule has 0 aliphatic carbocycles. The Morgan fingerprint density at radius 2 is 1.65 bits per heavy atom. The lowest BCUT2D eigenvalue weighted by Gasteiger charge is -2.29. The molecule has 6 nitrogen and oxygen atoms in total. The Bertz CT molecular complexity index is 1290. The Hall–Kier alpha value is -3.00. The lowest BCUT2D eigenvalue weighted by atomic mass is 10.2. The smallest absolute Gasteiger partial charge is 0.298 e. The van der Waals surface area contributed by atoms with Crippen LogP contribution < -0.4 is 9.80 Å². The number of carbonyl (C=O) groups is 2. The van der Waals surface area contributed by atoms with E-state index in [4.69, 9.17) is 16.3 Å². The van der Waals surface area contributed by atoms with Crippen LogP contribution >= 0.6 is 23.4 Å². The molecular weight excluding hydrogens is 470 g/mol. The highest BCUT2D eigenvalue weighted by molar-refractivity contribution is 8.19. The first-order chi connectivity index (χ1) is 16.4. The number of anilines is 2. The molecule has 0 N–H and O–H groups in total. The van der Waals surface area contributed by atoms with Gasteiger partial charge in [0, 0.05) is 35.9 Å². The molecule has 0 bridgehead atoms. The second kappa shape index (κ2) is 9.33. The standard InChI is InChI=1S/C26H24ClN3O3S/c1-17-15-19(16-24-25(31)30(26(32)34-24)23-6-4-3-5-22(23)27)18(2)29(17)21-9-7-20(8-10-21)28-11-13-33-14-12-28/h3-10,15-16H,11-14H2,1-2H3/b24-16-. The van der Waals surface area contributed by atoms with Gasteiger partial charge in [0.25, 0.3) is 11.1 Å². The second-order valence-electron chi connectivity index (χ2n) is 8.25. The van der Waals surface area contributed by atoms with Crippen LogP contribution in [0.25, 0.3) is 11.8 Å². The van der Waals surface area contributed by atoms with Gasteiger partial charge in [-0.3, -0.25) is 9.59 Å². The number of para-hydroxylation sites is 1. The quantitative estimate of drug-likeness (QED) is 0.428. The summed E-state index contributed by atoms with van der Waals surface area (Å²) < 4.78 is 7.61. The van der Waals surface area contributed by atoms with E-state index in [0.29, 0.717) is 15.6 Å². The molecule has 2 fully saturated rings. The second-order valence-corrected chi connectivity index (χ2v) is 9.65. The molecule has 8 heteroatoms. The molecule has 2 amide bonds. The monoisotopic (exact) mass is 493 g/mol. The first kappa shape index (κ1) is 22.8. The fraction of sp³-hybridized carbons (Fsp3) is 0.231. The van der Waals surface area contributed by atoms with Gasteiger partial charge in [0.15, 0.2) is 0 Å². The third-order valence-electron chi connectivity index (χ3n) is 6.13. The highest BCUT2D eigenvalue weighted by Crippen LogP contribution is 2.39. The molecule has 34 heavy (non-hydrogen) atoms. The van der Waals surface area contributed by atoms with E-state index in [2.05, 4.69) is 33.7 Å². The predicted octanol–water partition coefficient (Wildman–Crippen LogP) is 5.83. The molecule has 0 atom stereocenters. The van der Waals surface area contributed by atoms with Crippen molar-refractivity contribution < 1.29 is 14.3 Å². The summed E-state index contributed by atoms with van der Waals surface area (Å²) in [4.78, 5) is 29.5. The number of amides is 2. The minimum atomic E-state index is -0.359. The summed E-state index contributed by atoms with van der Waals surface area (Å²) in [6.45, 7) is 7.36. The highest BCUT2D eigenvalue weighted by atomic mass is 35.5. The fourth-order valence-electron chi connectivity index (χ4n) is 4.41. The Morgan fingerprint density at radius 1 is 0.971 bits per heavy atom. The number of thioether (sulfide) groups is 1. The lowest BCUT2D eigenvalue weighted by molar-refractivity contribution is -0.113. The van der Waals surface area contributed by atoms with Crippen LogP contribution in [-0.2, 0) is 9.53 Å². The molecular formula is C26H24ClN3O3S.